The smallest absolute Gasteiger partial charge is 0.145 e. The van der Waals surface area contributed by atoms with Gasteiger partial charge in [0.05, 0.1) is 5.02 Å². The maximum Gasteiger partial charge on any atom is 0.145 e. The number of rotatable bonds is 8. The molecule has 2 unspecified atom stereocenters. The first-order chi connectivity index (χ1) is 9.08. The molecule has 0 saturated carbocycles. The average Bonchev–Trinajstić information content (AvgIpc) is 2.41. The van der Waals surface area contributed by atoms with Crippen molar-refractivity contribution in [1.29, 1.82) is 0 Å². The summed E-state index contributed by atoms with van der Waals surface area (Å²) in [6.07, 6.45) is 4.02. The van der Waals surface area contributed by atoms with Crippen LogP contribution in [0.25, 0.3) is 0 Å². The van der Waals surface area contributed by atoms with Crippen molar-refractivity contribution in [2.24, 2.45) is 5.92 Å². The third-order valence-electron chi connectivity index (χ3n) is 3.56. The molecule has 1 N–H and O–H groups in total. The zero-order chi connectivity index (χ0) is 14.3. The third kappa shape index (κ3) is 5.50. The van der Waals surface area contributed by atoms with Crippen LogP contribution in [-0.4, -0.2) is 12.6 Å². The Labute approximate surface area is 121 Å². The highest BCUT2D eigenvalue weighted by molar-refractivity contribution is 6.30. The molecule has 0 aromatic heterocycles. The molecule has 1 aromatic rings. The zero-order valence-electron chi connectivity index (χ0n) is 12.2. The van der Waals surface area contributed by atoms with Gasteiger partial charge in [0.1, 0.15) is 5.82 Å². The molecule has 0 aliphatic carbocycles. The lowest BCUT2D eigenvalue weighted by molar-refractivity contribution is 0.388. The van der Waals surface area contributed by atoms with Gasteiger partial charge in [0.15, 0.2) is 0 Å². The zero-order valence-corrected chi connectivity index (χ0v) is 12.9. The minimum Gasteiger partial charge on any atom is -0.314 e. The molecule has 0 spiro atoms. The maximum absolute atomic E-state index is 13.9. The van der Waals surface area contributed by atoms with Crippen LogP contribution in [0.3, 0.4) is 0 Å². The highest BCUT2D eigenvalue weighted by Gasteiger charge is 2.15. The van der Waals surface area contributed by atoms with Crippen LogP contribution in [0.4, 0.5) is 4.39 Å². The molecule has 108 valence electrons. The Balaban J connectivity index is 2.72. The average molecular weight is 286 g/mol. The summed E-state index contributed by atoms with van der Waals surface area (Å²) in [7, 11) is 0. The van der Waals surface area contributed by atoms with Gasteiger partial charge in [-0.25, -0.2) is 4.39 Å². The van der Waals surface area contributed by atoms with E-state index in [9.17, 15) is 4.39 Å². The lowest BCUT2D eigenvalue weighted by Crippen LogP contribution is -2.33. The van der Waals surface area contributed by atoms with Crippen molar-refractivity contribution in [2.45, 2.75) is 52.5 Å². The van der Waals surface area contributed by atoms with E-state index in [0.29, 0.717) is 23.9 Å². The number of hydrogen-bond acceptors (Lipinski definition) is 1. The highest BCUT2D eigenvalue weighted by atomic mass is 35.5. The molecule has 1 aromatic carbocycles. The van der Waals surface area contributed by atoms with Crippen molar-refractivity contribution in [2.75, 3.05) is 6.54 Å². The van der Waals surface area contributed by atoms with Gasteiger partial charge < -0.3 is 5.32 Å². The largest absolute Gasteiger partial charge is 0.314 e. The molecule has 0 radical (unpaired) electrons. The normalized spacial score (nSPS) is 14.4. The van der Waals surface area contributed by atoms with E-state index in [1.165, 1.54) is 0 Å². The summed E-state index contributed by atoms with van der Waals surface area (Å²) < 4.78 is 13.9. The minimum atomic E-state index is -0.267. The van der Waals surface area contributed by atoms with E-state index in [0.717, 1.165) is 25.8 Å². The third-order valence-corrected chi connectivity index (χ3v) is 3.86. The first-order valence-electron chi connectivity index (χ1n) is 7.24. The SMILES string of the molecule is CCCNC(Cc1cccc(Cl)c1F)CC(C)CC. The fourth-order valence-corrected chi connectivity index (χ4v) is 2.41. The lowest BCUT2D eigenvalue weighted by atomic mass is 9.94. The molecule has 1 nitrogen and oxygen atoms in total. The van der Waals surface area contributed by atoms with Gasteiger partial charge in [0.2, 0.25) is 0 Å². The summed E-state index contributed by atoms with van der Waals surface area (Å²) in [5, 5.41) is 3.74. The Morgan fingerprint density at radius 3 is 2.68 bits per heavy atom. The van der Waals surface area contributed by atoms with Crippen LogP contribution in [-0.2, 0) is 6.42 Å². The van der Waals surface area contributed by atoms with Gasteiger partial charge in [-0.3, -0.25) is 0 Å². The summed E-state index contributed by atoms with van der Waals surface area (Å²) in [4.78, 5) is 0. The van der Waals surface area contributed by atoms with E-state index in [-0.39, 0.29) is 10.8 Å². The molecule has 2 atom stereocenters. The van der Waals surface area contributed by atoms with E-state index in [4.69, 9.17) is 11.6 Å². The minimum absolute atomic E-state index is 0.218. The first-order valence-corrected chi connectivity index (χ1v) is 7.62. The van der Waals surface area contributed by atoms with Crippen molar-refractivity contribution in [1.82, 2.24) is 5.32 Å². The Bertz CT molecular complexity index is 381. The Hall–Kier alpha value is -0.600. The van der Waals surface area contributed by atoms with Crippen molar-refractivity contribution in [3.05, 3.63) is 34.6 Å². The van der Waals surface area contributed by atoms with Crippen molar-refractivity contribution >= 4 is 11.6 Å². The Kier molecular flexibility index (Phi) is 7.40. The predicted octanol–water partition coefficient (Wildman–Crippen LogP) is 4.83. The molecule has 0 aliphatic rings. The van der Waals surface area contributed by atoms with Crippen molar-refractivity contribution in [3.8, 4) is 0 Å². The lowest BCUT2D eigenvalue weighted by Gasteiger charge is -2.22. The van der Waals surface area contributed by atoms with Crippen LogP contribution in [0.15, 0.2) is 18.2 Å². The molecule has 0 amide bonds. The predicted molar refractivity (Wildman–Crippen MR) is 81.3 cm³/mol. The Morgan fingerprint density at radius 2 is 2.05 bits per heavy atom. The molecular formula is C16H25ClFN. The highest BCUT2D eigenvalue weighted by Crippen LogP contribution is 2.21. The van der Waals surface area contributed by atoms with E-state index in [2.05, 4.69) is 26.1 Å². The molecular weight excluding hydrogens is 261 g/mol. The number of benzene rings is 1. The fraction of sp³-hybridized carbons (Fsp3) is 0.625. The summed E-state index contributed by atoms with van der Waals surface area (Å²) in [6, 6.07) is 5.57. The molecule has 1 rings (SSSR count). The fourth-order valence-electron chi connectivity index (χ4n) is 2.21. The number of hydrogen-bond donors (Lipinski definition) is 1. The van der Waals surface area contributed by atoms with Crippen molar-refractivity contribution < 1.29 is 4.39 Å². The van der Waals surface area contributed by atoms with Crippen LogP contribution in [0, 0.1) is 11.7 Å². The summed E-state index contributed by atoms with van der Waals surface area (Å²) in [5.41, 5.74) is 0.712. The molecule has 0 saturated heterocycles. The monoisotopic (exact) mass is 285 g/mol. The number of halogens is 2. The quantitative estimate of drug-likeness (QED) is 0.722. The van der Waals surface area contributed by atoms with Gasteiger partial charge in [0, 0.05) is 6.04 Å². The van der Waals surface area contributed by atoms with Gasteiger partial charge in [0.25, 0.3) is 0 Å². The van der Waals surface area contributed by atoms with E-state index >= 15 is 0 Å². The van der Waals surface area contributed by atoms with Crippen LogP contribution < -0.4 is 5.32 Å². The second kappa shape index (κ2) is 8.55. The molecule has 3 heteroatoms. The molecule has 0 fully saturated rings. The standard InChI is InChI=1S/C16H25ClFN/c1-4-9-19-14(10-12(3)5-2)11-13-7-6-8-15(17)16(13)18/h6-8,12,14,19H,4-5,9-11H2,1-3H3. The summed E-state index contributed by atoms with van der Waals surface area (Å²) >= 11 is 5.84. The molecule has 0 aliphatic heterocycles. The van der Waals surface area contributed by atoms with Gasteiger partial charge in [-0.1, -0.05) is 50.9 Å². The second-order valence-corrected chi connectivity index (χ2v) is 5.72. The van der Waals surface area contributed by atoms with Crippen molar-refractivity contribution in [3.63, 3.8) is 0 Å². The second-order valence-electron chi connectivity index (χ2n) is 5.32. The summed E-state index contributed by atoms with van der Waals surface area (Å²) in [5.74, 6) is 0.383. The van der Waals surface area contributed by atoms with Gasteiger partial charge in [-0.2, -0.15) is 0 Å². The van der Waals surface area contributed by atoms with Gasteiger partial charge >= 0.3 is 0 Å². The summed E-state index contributed by atoms with van der Waals surface area (Å²) in [6.45, 7) is 7.56. The van der Waals surface area contributed by atoms with Gasteiger partial charge in [-0.15, -0.1) is 0 Å². The molecule has 19 heavy (non-hydrogen) atoms. The van der Waals surface area contributed by atoms with Crippen LogP contribution >= 0.6 is 11.6 Å². The maximum atomic E-state index is 13.9. The molecule has 0 heterocycles. The van der Waals surface area contributed by atoms with Crippen LogP contribution in [0.5, 0.6) is 0 Å². The van der Waals surface area contributed by atoms with E-state index in [1.807, 2.05) is 12.1 Å². The Morgan fingerprint density at radius 1 is 1.32 bits per heavy atom. The van der Waals surface area contributed by atoms with Crippen LogP contribution in [0.2, 0.25) is 5.02 Å². The first kappa shape index (κ1) is 16.5. The van der Waals surface area contributed by atoms with E-state index in [1.54, 1.807) is 6.07 Å². The topological polar surface area (TPSA) is 12.0 Å². The van der Waals surface area contributed by atoms with E-state index < -0.39 is 0 Å². The molecule has 0 bridgehead atoms. The van der Waals surface area contributed by atoms with Crippen LogP contribution in [0.1, 0.15) is 45.6 Å². The van der Waals surface area contributed by atoms with Gasteiger partial charge in [-0.05, 0) is 43.4 Å². The number of nitrogens with one attached hydrogen (secondary N) is 1.